The Kier molecular flexibility index (Phi) is 5.78. The van der Waals surface area contributed by atoms with E-state index in [9.17, 15) is 4.79 Å². The summed E-state index contributed by atoms with van der Waals surface area (Å²) < 4.78 is 0. The molecule has 0 aliphatic carbocycles. The molecular formula is C7H14O4. The van der Waals surface area contributed by atoms with Crippen LogP contribution in [0.4, 0.5) is 0 Å². The first-order chi connectivity index (χ1) is 5.16. The van der Waals surface area contributed by atoms with Gasteiger partial charge in [0.05, 0.1) is 12.7 Å². The van der Waals surface area contributed by atoms with Crippen LogP contribution in [0, 0.1) is 0 Å². The maximum Gasteiger partial charge on any atom is 0.303 e. The number of aliphatic hydroxyl groups is 2. The van der Waals surface area contributed by atoms with Crippen LogP contribution in [0.2, 0.25) is 0 Å². The number of hydrogen-bond donors (Lipinski definition) is 3. The van der Waals surface area contributed by atoms with Gasteiger partial charge in [-0.25, -0.2) is 0 Å². The largest absolute Gasteiger partial charge is 0.481 e. The summed E-state index contributed by atoms with van der Waals surface area (Å²) in [6.07, 6.45) is 1.13. The maximum absolute atomic E-state index is 10.0. The highest BCUT2D eigenvalue weighted by Gasteiger charge is 2.02. The average Bonchev–Trinajstić information content (AvgIpc) is 1.97. The van der Waals surface area contributed by atoms with Crippen molar-refractivity contribution in [1.82, 2.24) is 0 Å². The van der Waals surface area contributed by atoms with Crippen LogP contribution in [0.5, 0.6) is 0 Å². The van der Waals surface area contributed by atoms with E-state index in [1.807, 2.05) is 0 Å². The minimum Gasteiger partial charge on any atom is -0.481 e. The summed E-state index contributed by atoms with van der Waals surface area (Å²) >= 11 is 0. The summed E-state index contributed by atoms with van der Waals surface area (Å²) in [5.41, 5.74) is 0. The molecule has 0 bridgehead atoms. The summed E-state index contributed by atoms with van der Waals surface area (Å²) in [4.78, 5) is 10.0. The third-order valence-corrected chi connectivity index (χ3v) is 1.39. The number of hydrogen-bond acceptors (Lipinski definition) is 3. The first-order valence-electron chi connectivity index (χ1n) is 3.67. The van der Waals surface area contributed by atoms with Crippen LogP contribution in [-0.2, 0) is 4.79 Å². The molecule has 4 heteroatoms. The summed E-state index contributed by atoms with van der Waals surface area (Å²) in [6.45, 7) is -0.243. The van der Waals surface area contributed by atoms with E-state index in [-0.39, 0.29) is 13.0 Å². The van der Waals surface area contributed by atoms with Crippen molar-refractivity contribution in [2.45, 2.75) is 31.8 Å². The molecule has 0 aromatic rings. The highest BCUT2D eigenvalue weighted by Crippen LogP contribution is 2.02. The molecule has 0 heterocycles. The van der Waals surface area contributed by atoms with Crippen LogP contribution in [0.15, 0.2) is 0 Å². The molecule has 0 aromatic heterocycles. The van der Waals surface area contributed by atoms with Gasteiger partial charge in [-0.2, -0.15) is 0 Å². The summed E-state index contributed by atoms with van der Waals surface area (Å²) in [7, 11) is 0. The molecule has 0 rings (SSSR count). The summed E-state index contributed by atoms with van der Waals surface area (Å²) in [5, 5.41) is 25.4. The predicted molar refractivity (Wildman–Crippen MR) is 39.2 cm³/mol. The lowest BCUT2D eigenvalue weighted by Gasteiger charge is -2.04. The molecule has 0 aliphatic heterocycles. The van der Waals surface area contributed by atoms with Crippen LogP contribution in [0.25, 0.3) is 0 Å². The highest BCUT2D eigenvalue weighted by atomic mass is 16.4. The normalized spacial score (nSPS) is 12.9. The third kappa shape index (κ3) is 7.29. The van der Waals surface area contributed by atoms with Gasteiger partial charge in [0.2, 0.25) is 0 Å². The van der Waals surface area contributed by atoms with E-state index in [1.165, 1.54) is 0 Å². The predicted octanol–water partition coefficient (Wildman–Crippen LogP) is -0.0154. The van der Waals surface area contributed by atoms with E-state index in [4.69, 9.17) is 15.3 Å². The second-order valence-corrected chi connectivity index (χ2v) is 2.48. The fraction of sp³-hybridized carbons (Fsp3) is 0.857. The zero-order valence-electron chi connectivity index (χ0n) is 6.36. The van der Waals surface area contributed by atoms with E-state index in [0.717, 1.165) is 0 Å². The van der Waals surface area contributed by atoms with Crippen LogP contribution in [-0.4, -0.2) is 34.0 Å². The van der Waals surface area contributed by atoms with Gasteiger partial charge in [-0.15, -0.1) is 0 Å². The SMILES string of the molecule is O=C(O)CCCCC(O)CO. The molecule has 4 nitrogen and oxygen atoms in total. The summed E-state index contributed by atoms with van der Waals surface area (Å²) in [5.74, 6) is -0.816. The molecule has 0 saturated heterocycles. The lowest BCUT2D eigenvalue weighted by molar-refractivity contribution is -0.137. The quantitative estimate of drug-likeness (QED) is 0.480. The Balaban J connectivity index is 3.08. The number of aliphatic carboxylic acids is 1. The molecule has 11 heavy (non-hydrogen) atoms. The zero-order chi connectivity index (χ0) is 8.69. The van der Waals surface area contributed by atoms with Crippen LogP contribution >= 0.6 is 0 Å². The summed E-state index contributed by atoms with van der Waals surface area (Å²) in [6, 6.07) is 0. The van der Waals surface area contributed by atoms with Crippen molar-refractivity contribution >= 4 is 5.97 Å². The van der Waals surface area contributed by atoms with Crippen molar-refractivity contribution in [3.63, 3.8) is 0 Å². The van der Waals surface area contributed by atoms with Crippen LogP contribution < -0.4 is 0 Å². The molecule has 1 atom stereocenters. The van der Waals surface area contributed by atoms with Gasteiger partial charge in [0.15, 0.2) is 0 Å². The lowest BCUT2D eigenvalue weighted by Crippen LogP contribution is -2.11. The number of unbranched alkanes of at least 4 members (excludes halogenated alkanes) is 1. The van der Waals surface area contributed by atoms with Gasteiger partial charge in [0.25, 0.3) is 0 Å². The Bertz CT molecular complexity index is 113. The number of carboxylic acid groups (broad SMARTS) is 1. The molecule has 66 valence electrons. The topological polar surface area (TPSA) is 77.8 Å². The highest BCUT2D eigenvalue weighted by molar-refractivity contribution is 5.66. The molecule has 0 radical (unpaired) electrons. The van der Waals surface area contributed by atoms with Crippen molar-refractivity contribution in [2.75, 3.05) is 6.61 Å². The Hall–Kier alpha value is -0.610. The Labute approximate surface area is 65.5 Å². The van der Waals surface area contributed by atoms with Gasteiger partial charge >= 0.3 is 5.97 Å². The number of carboxylic acids is 1. The van der Waals surface area contributed by atoms with Crippen molar-refractivity contribution in [2.24, 2.45) is 0 Å². The van der Waals surface area contributed by atoms with Gasteiger partial charge in [0.1, 0.15) is 0 Å². The van der Waals surface area contributed by atoms with Gasteiger partial charge in [-0.3, -0.25) is 4.79 Å². The molecular weight excluding hydrogens is 148 g/mol. The molecule has 0 fully saturated rings. The maximum atomic E-state index is 10.0. The number of carbonyl (C=O) groups is 1. The van der Waals surface area contributed by atoms with Crippen LogP contribution in [0.1, 0.15) is 25.7 Å². The van der Waals surface area contributed by atoms with E-state index < -0.39 is 12.1 Å². The van der Waals surface area contributed by atoms with Crippen molar-refractivity contribution in [3.8, 4) is 0 Å². The Morgan fingerprint density at radius 3 is 2.45 bits per heavy atom. The molecule has 0 spiro atoms. The van der Waals surface area contributed by atoms with E-state index in [0.29, 0.717) is 19.3 Å². The minimum absolute atomic E-state index is 0.137. The fourth-order valence-corrected chi connectivity index (χ4v) is 0.747. The molecule has 3 N–H and O–H groups in total. The molecule has 0 saturated carbocycles. The first-order valence-corrected chi connectivity index (χ1v) is 3.67. The lowest BCUT2D eigenvalue weighted by atomic mass is 10.1. The fourth-order valence-electron chi connectivity index (χ4n) is 0.747. The molecule has 0 aromatic carbocycles. The van der Waals surface area contributed by atoms with E-state index >= 15 is 0 Å². The monoisotopic (exact) mass is 162 g/mol. The Morgan fingerprint density at radius 2 is 2.00 bits per heavy atom. The second-order valence-electron chi connectivity index (χ2n) is 2.48. The van der Waals surface area contributed by atoms with Gasteiger partial charge in [0, 0.05) is 6.42 Å². The molecule has 0 amide bonds. The van der Waals surface area contributed by atoms with Crippen LogP contribution in [0.3, 0.4) is 0 Å². The van der Waals surface area contributed by atoms with Gasteiger partial charge in [-0.05, 0) is 12.8 Å². The van der Waals surface area contributed by atoms with Crippen molar-refractivity contribution in [3.05, 3.63) is 0 Å². The standard InChI is InChI=1S/C7H14O4/c8-5-6(9)3-1-2-4-7(10)11/h6,8-9H,1-5H2,(H,10,11). The number of aliphatic hydroxyl groups excluding tert-OH is 2. The molecule has 0 aliphatic rings. The molecule has 1 unspecified atom stereocenters. The number of rotatable bonds is 6. The second kappa shape index (κ2) is 6.12. The van der Waals surface area contributed by atoms with E-state index in [2.05, 4.69) is 0 Å². The third-order valence-electron chi connectivity index (χ3n) is 1.39. The zero-order valence-corrected chi connectivity index (χ0v) is 6.36. The van der Waals surface area contributed by atoms with Crippen molar-refractivity contribution in [1.29, 1.82) is 0 Å². The first kappa shape index (κ1) is 10.4. The Morgan fingerprint density at radius 1 is 1.36 bits per heavy atom. The average molecular weight is 162 g/mol. The van der Waals surface area contributed by atoms with E-state index in [1.54, 1.807) is 0 Å². The van der Waals surface area contributed by atoms with Gasteiger partial charge in [-0.1, -0.05) is 6.42 Å². The smallest absolute Gasteiger partial charge is 0.303 e. The minimum atomic E-state index is -0.816. The van der Waals surface area contributed by atoms with Gasteiger partial charge < -0.3 is 15.3 Å². The van der Waals surface area contributed by atoms with Crippen molar-refractivity contribution < 1.29 is 20.1 Å².